The molecule has 0 bridgehead atoms. The van der Waals surface area contributed by atoms with Crippen LogP contribution in [0.5, 0.6) is 0 Å². The van der Waals surface area contributed by atoms with Crippen molar-refractivity contribution in [3.63, 3.8) is 0 Å². The molecule has 1 aromatic rings. The molecule has 2 heterocycles. The first-order chi connectivity index (χ1) is 10.1. The third-order valence-electron chi connectivity index (χ3n) is 4.45. The standard InChI is InChI=1S/C16H23N3O2/c1-4-13-14(20)19(11-12-8-7-9-17-10-12)16(5-2,6-3)15(21)18-13/h7-10,13H,4-6,11H2,1-3H3,(H,18,21). The summed E-state index contributed by atoms with van der Waals surface area (Å²) in [5.74, 6) is -0.0347. The Hall–Kier alpha value is -1.91. The zero-order chi connectivity index (χ0) is 15.5. The van der Waals surface area contributed by atoms with Gasteiger partial charge in [-0.1, -0.05) is 26.8 Å². The van der Waals surface area contributed by atoms with E-state index >= 15 is 0 Å². The van der Waals surface area contributed by atoms with Gasteiger partial charge in [0.2, 0.25) is 11.8 Å². The molecular formula is C16H23N3O2. The van der Waals surface area contributed by atoms with Crippen LogP contribution in [0.4, 0.5) is 0 Å². The second-order valence-electron chi connectivity index (χ2n) is 5.46. The van der Waals surface area contributed by atoms with Crippen molar-refractivity contribution >= 4 is 11.8 Å². The number of carbonyl (C=O) groups excluding carboxylic acids is 2. The van der Waals surface area contributed by atoms with Gasteiger partial charge in [-0.15, -0.1) is 0 Å². The van der Waals surface area contributed by atoms with E-state index in [-0.39, 0.29) is 11.8 Å². The summed E-state index contributed by atoms with van der Waals surface area (Å²) in [5, 5.41) is 2.88. The summed E-state index contributed by atoms with van der Waals surface area (Å²) in [4.78, 5) is 31.1. The molecule has 2 amide bonds. The third kappa shape index (κ3) is 2.64. The highest BCUT2D eigenvalue weighted by atomic mass is 16.2. The number of piperazine rings is 1. The molecule has 1 saturated heterocycles. The van der Waals surface area contributed by atoms with Crippen LogP contribution in [-0.2, 0) is 16.1 Å². The van der Waals surface area contributed by atoms with Crippen LogP contribution in [0.3, 0.4) is 0 Å². The lowest BCUT2D eigenvalue weighted by atomic mass is 9.85. The lowest BCUT2D eigenvalue weighted by Gasteiger charge is -2.47. The van der Waals surface area contributed by atoms with Crippen LogP contribution in [0.15, 0.2) is 24.5 Å². The van der Waals surface area contributed by atoms with E-state index in [0.29, 0.717) is 25.8 Å². The van der Waals surface area contributed by atoms with Gasteiger partial charge in [-0.05, 0) is 30.9 Å². The van der Waals surface area contributed by atoms with Crippen molar-refractivity contribution in [2.24, 2.45) is 0 Å². The molecule has 21 heavy (non-hydrogen) atoms. The van der Waals surface area contributed by atoms with Gasteiger partial charge in [0.15, 0.2) is 0 Å². The van der Waals surface area contributed by atoms with Gasteiger partial charge in [-0.3, -0.25) is 14.6 Å². The maximum absolute atomic E-state index is 12.7. The number of rotatable bonds is 5. The number of nitrogens with one attached hydrogen (secondary N) is 1. The molecule has 1 fully saturated rings. The summed E-state index contributed by atoms with van der Waals surface area (Å²) in [7, 11) is 0. The third-order valence-corrected chi connectivity index (χ3v) is 4.45. The zero-order valence-corrected chi connectivity index (χ0v) is 12.9. The molecule has 0 saturated carbocycles. The van der Waals surface area contributed by atoms with Gasteiger partial charge in [0, 0.05) is 18.9 Å². The van der Waals surface area contributed by atoms with Crippen molar-refractivity contribution in [1.82, 2.24) is 15.2 Å². The van der Waals surface area contributed by atoms with Gasteiger partial charge in [0.25, 0.3) is 0 Å². The Kier molecular flexibility index (Phi) is 4.60. The second kappa shape index (κ2) is 6.24. The van der Waals surface area contributed by atoms with Crippen LogP contribution in [0.25, 0.3) is 0 Å². The highest BCUT2D eigenvalue weighted by Crippen LogP contribution is 2.31. The normalized spacial score (nSPS) is 21.3. The number of aromatic nitrogens is 1. The largest absolute Gasteiger partial charge is 0.342 e. The summed E-state index contributed by atoms with van der Waals surface area (Å²) >= 11 is 0. The molecule has 0 spiro atoms. The minimum atomic E-state index is -0.751. The molecule has 0 aliphatic carbocycles. The molecule has 5 nitrogen and oxygen atoms in total. The van der Waals surface area contributed by atoms with Crippen LogP contribution in [-0.4, -0.2) is 33.3 Å². The van der Waals surface area contributed by atoms with E-state index in [4.69, 9.17) is 0 Å². The van der Waals surface area contributed by atoms with E-state index in [0.717, 1.165) is 5.56 Å². The number of hydrogen-bond acceptors (Lipinski definition) is 3. The predicted molar refractivity (Wildman–Crippen MR) is 80.3 cm³/mol. The number of amides is 2. The SMILES string of the molecule is CCC1NC(=O)C(CC)(CC)N(Cc2cccnc2)C1=O. The maximum Gasteiger partial charge on any atom is 0.246 e. The smallest absolute Gasteiger partial charge is 0.246 e. The number of hydrogen-bond donors (Lipinski definition) is 1. The Bertz CT molecular complexity index is 512. The Labute approximate surface area is 125 Å². The molecular weight excluding hydrogens is 266 g/mol. The maximum atomic E-state index is 12.7. The summed E-state index contributed by atoms with van der Waals surface area (Å²) in [5.41, 5.74) is 0.195. The van der Waals surface area contributed by atoms with Crippen molar-refractivity contribution in [3.8, 4) is 0 Å². The van der Waals surface area contributed by atoms with E-state index in [1.54, 1.807) is 17.3 Å². The first kappa shape index (κ1) is 15.5. The monoisotopic (exact) mass is 289 g/mol. The molecule has 1 aliphatic heterocycles. The fourth-order valence-corrected chi connectivity index (χ4v) is 3.01. The van der Waals surface area contributed by atoms with Crippen molar-refractivity contribution in [1.29, 1.82) is 0 Å². The van der Waals surface area contributed by atoms with E-state index in [2.05, 4.69) is 10.3 Å². The van der Waals surface area contributed by atoms with Crippen molar-refractivity contribution in [2.75, 3.05) is 0 Å². The summed E-state index contributed by atoms with van der Waals surface area (Å²) < 4.78 is 0. The summed E-state index contributed by atoms with van der Waals surface area (Å²) in [6.07, 6.45) is 5.28. The molecule has 2 rings (SSSR count). The van der Waals surface area contributed by atoms with Crippen LogP contribution in [0.2, 0.25) is 0 Å². The molecule has 1 N–H and O–H groups in total. The summed E-state index contributed by atoms with van der Waals surface area (Å²) in [6.45, 7) is 6.26. The van der Waals surface area contributed by atoms with Crippen LogP contribution in [0.1, 0.15) is 45.6 Å². The topological polar surface area (TPSA) is 62.3 Å². The van der Waals surface area contributed by atoms with E-state index in [1.807, 2.05) is 32.9 Å². The molecule has 1 aromatic heterocycles. The average molecular weight is 289 g/mol. The number of nitrogens with zero attached hydrogens (tertiary/aromatic N) is 2. The van der Waals surface area contributed by atoms with Crippen molar-refractivity contribution < 1.29 is 9.59 Å². The van der Waals surface area contributed by atoms with Gasteiger partial charge in [0.05, 0.1) is 0 Å². The van der Waals surface area contributed by atoms with E-state index in [9.17, 15) is 9.59 Å². The Morgan fingerprint density at radius 3 is 2.52 bits per heavy atom. The number of carbonyl (C=O) groups is 2. The minimum absolute atomic E-state index is 0.00431. The minimum Gasteiger partial charge on any atom is -0.342 e. The van der Waals surface area contributed by atoms with Gasteiger partial charge in [-0.2, -0.15) is 0 Å². The van der Waals surface area contributed by atoms with Crippen molar-refractivity contribution in [2.45, 2.75) is 58.2 Å². The molecule has 114 valence electrons. The molecule has 1 aliphatic rings. The lowest BCUT2D eigenvalue weighted by molar-refractivity contribution is -0.159. The average Bonchev–Trinajstić information content (AvgIpc) is 2.52. The van der Waals surface area contributed by atoms with Gasteiger partial charge >= 0.3 is 0 Å². The van der Waals surface area contributed by atoms with E-state index < -0.39 is 11.6 Å². The Morgan fingerprint density at radius 2 is 2.00 bits per heavy atom. The summed E-state index contributed by atoms with van der Waals surface area (Å²) in [6, 6.07) is 3.37. The lowest BCUT2D eigenvalue weighted by Crippen LogP contribution is -2.69. The highest BCUT2D eigenvalue weighted by Gasteiger charge is 2.49. The zero-order valence-electron chi connectivity index (χ0n) is 12.9. The fraction of sp³-hybridized carbons (Fsp3) is 0.562. The molecule has 1 atom stereocenters. The first-order valence-corrected chi connectivity index (χ1v) is 7.60. The first-order valence-electron chi connectivity index (χ1n) is 7.60. The van der Waals surface area contributed by atoms with Crippen LogP contribution < -0.4 is 5.32 Å². The van der Waals surface area contributed by atoms with Crippen LogP contribution in [0, 0.1) is 0 Å². The molecule has 1 unspecified atom stereocenters. The van der Waals surface area contributed by atoms with Gasteiger partial charge in [0.1, 0.15) is 11.6 Å². The van der Waals surface area contributed by atoms with Crippen molar-refractivity contribution in [3.05, 3.63) is 30.1 Å². The Morgan fingerprint density at radius 1 is 1.29 bits per heavy atom. The molecule has 0 aromatic carbocycles. The van der Waals surface area contributed by atoms with Gasteiger partial charge < -0.3 is 10.2 Å². The van der Waals surface area contributed by atoms with E-state index in [1.165, 1.54) is 0 Å². The van der Waals surface area contributed by atoms with Gasteiger partial charge in [-0.25, -0.2) is 0 Å². The van der Waals surface area contributed by atoms with Crippen LogP contribution >= 0.6 is 0 Å². The second-order valence-corrected chi connectivity index (χ2v) is 5.46. The predicted octanol–water partition coefficient (Wildman–Crippen LogP) is 1.88. The number of pyridine rings is 1. The fourth-order valence-electron chi connectivity index (χ4n) is 3.01. The molecule has 0 radical (unpaired) electrons. The highest BCUT2D eigenvalue weighted by molar-refractivity contribution is 5.99. The quantitative estimate of drug-likeness (QED) is 0.900. The molecule has 5 heteroatoms. The Balaban J connectivity index is 2.38.